The molecule has 20 heavy (non-hydrogen) atoms. The fourth-order valence-electron chi connectivity index (χ4n) is 3.00. The highest BCUT2D eigenvalue weighted by molar-refractivity contribution is 5.99. The standard InChI is InChI=1S/C16H24N2O2/c1-3-16(8-4-5-9-16)11-18-15(19)13-10-12(20-2)6-7-14(13)17/h6-7,10H,3-5,8-9,11,17H2,1-2H3,(H,18,19). The molecule has 0 atom stereocenters. The summed E-state index contributed by atoms with van der Waals surface area (Å²) in [5.74, 6) is 0.538. The Hall–Kier alpha value is -1.71. The zero-order chi connectivity index (χ0) is 14.6. The van der Waals surface area contributed by atoms with Crippen LogP contribution < -0.4 is 15.8 Å². The van der Waals surface area contributed by atoms with Gasteiger partial charge in [0.25, 0.3) is 5.91 Å². The van der Waals surface area contributed by atoms with E-state index in [-0.39, 0.29) is 11.3 Å². The van der Waals surface area contributed by atoms with Crippen LogP contribution in [0.25, 0.3) is 0 Å². The molecule has 1 saturated carbocycles. The number of hydrogen-bond acceptors (Lipinski definition) is 3. The largest absolute Gasteiger partial charge is 0.497 e. The second-order valence-electron chi connectivity index (χ2n) is 5.70. The van der Waals surface area contributed by atoms with Crippen LogP contribution in [0.15, 0.2) is 18.2 Å². The molecule has 0 unspecified atom stereocenters. The first-order valence-electron chi connectivity index (χ1n) is 7.32. The third-order valence-corrected chi connectivity index (χ3v) is 4.54. The van der Waals surface area contributed by atoms with E-state index in [0.717, 1.165) is 13.0 Å². The van der Waals surface area contributed by atoms with Crippen molar-refractivity contribution in [3.63, 3.8) is 0 Å². The Kier molecular flexibility index (Phi) is 4.53. The lowest BCUT2D eigenvalue weighted by atomic mass is 9.83. The van der Waals surface area contributed by atoms with Gasteiger partial charge in [-0.25, -0.2) is 0 Å². The van der Waals surface area contributed by atoms with Gasteiger partial charge in [0.1, 0.15) is 5.75 Å². The fourth-order valence-corrected chi connectivity index (χ4v) is 3.00. The highest BCUT2D eigenvalue weighted by Crippen LogP contribution is 2.40. The molecule has 1 amide bonds. The summed E-state index contributed by atoms with van der Waals surface area (Å²) in [6, 6.07) is 5.16. The van der Waals surface area contributed by atoms with Crippen LogP contribution in [0.4, 0.5) is 5.69 Å². The molecule has 0 bridgehead atoms. The number of anilines is 1. The molecule has 110 valence electrons. The SMILES string of the molecule is CCC1(CNC(=O)c2cc(OC)ccc2N)CCCC1. The van der Waals surface area contributed by atoms with Crippen LogP contribution in [0.2, 0.25) is 0 Å². The lowest BCUT2D eigenvalue weighted by Crippen LogP contribution is -2.35. The number of carbonyl (C=O) groups excluding carboxylic acids is 1. The minimum Gasteiger partial charge on any atom is -0.497 e. The van der Waals surface area contributed by atoms with E-state index in [2.05, 4.69) is 12.2 Å². The Balaban J connectivity index is 2.04. The quantitative estimate of drug-likeness (QED) is 0.813. The number of benzene rings is 1. The van der Waals surface area contributed by atoms with Crippen LogP contribution in [-0.4, -0.2) is 19.6 Å². The molecule has 1 fully saturated rings. The third kappa shape index (κ3) is 3.06. The first kappa shape index (κ1) is 14.7. The minimum atomic E-state index is -0.110. The minimum absolute atomic E-state index is 0.110. The molecular weight excluding hydrogens is 252 g/mol. The fraction of sp³-hybridized carbons (Fsp3) is 0.562. The number of methoxy groups -OCH3 is 1. The van der Waals surface area contributed by atoms with E-state index in [4.69, 9.17) is 10.5 Å². The summed E-state index contributed by atoms with van der Waals surface area (Å²) >= 11 is 0. The molecule has 0 spiro atoms. The van der Waals surface area contributed by atoms with Crippen molar-refractivity contribution in [1.82, 2.24) is 5.32 Å². The van der Waals surface area contributed by atoms with Crippen molar-refractivity contribution in [1.29, 1.82) is 0 Å². The molecule has 3 N–H and O–H groups in total. The van der Waals surface area contributed by atoms with E-state index in [1.807, 2.05) is 0 Å². The summed E-state index contributed by atoms with van der Waals surface area (Å²) in [6.07, 6.45) is 6.06. The maximum absolute atomic E-state index is 12.3. The van der Waals surface area contributed by atoms with Crippen molar-refractivity contribution in [3.8, 4) is 5.75 Å². The molecule has 1 aliphatic carbocycles. The van der Waals surface area contributed by atoms with E-state index in [1.165, 1.54) is 25.7 Å². The van der Waals surface area contributed by atoms with Crippen LogP contribution in [0.3, 0.4) is 0 Å². The molecule has 0 heterocycles. The Morgan fingerprint density at radius 3 is 2.70 bits per heavy atom. The van der Waals surface area contributed by atoms with E-state index in [1.54, 1.807) is 25.3 Å². The van der Waals surface area contributed by atoms with Crippen molar-refractivity contribution in [2.24, 2.45) is 5.41 Å². The van der Waals surface area contributed by atoms with Crippen molar-refractivity contribution >= 4 is 11.6 Å². The van der Waals surface area contributed by atoms with Gasteiger partial charge in [0.05, 0.1) is 12.7 Å². The Morgan fingerprint density at radius 2 is 2.10 bits per heavy atom. The molecule has 1 aromatic rings. The third-order valence-electron chi connectivity index (χ3n) is 4.54. The summed E-state index contributed by atoms with van der Waals surface area (Å²) in [5.41, 5.74) is 7.14. The van der Waals surface area contributed by atoms with Gasteiger partial charge in [0.2, 0.25) is 0 Å². The monoisotopic (exact) mass is 276 g/mol. The molecule has 4 nitrogen and oxygen atoms in total. The van der Waals surface area contributed by atoms with Gasteiger partial charge in [-0.05, 0) is 42.9 Å². The second kappa shape index (κ2) is 6.16. The molecule has 4 heteroatoms. The Labute approximate surface area is 120 Å². The number of nitrogen functional groups attached to an aromatic ring is 1. The lowest BCUT2D eigenvalue weighted by molar-refractivity contribution is 0.0929. The zero-order valence-electron chi connectivity index (χ0n) is 12.4. The highest BCUT2D eigenvalue weighted by atomic mass is 16.5. The zero-order valence-corrected chi connectivity index (χ0v) is 12.4. The van der Waals surface area contributed by atoms with Gasteiger partial charge in [-0.2, -0.15) is 0 Å². The van der Waals surface area contributed by atoms with E-state index < -0.39 is 0 Å². The molecule has 1 aromatic carbocycles. The van der Waals surface area contributed by atoms with Gasteiger partial charge < -0.3 is 15.8 Å². The van der Waals surface area contributed by atoms with Crippen molar-refractivity contribution < 1.29 is 9.53 Å². The van der Waals surface area contributed by atoms with Crippen LogP contribution in [0, 0.1) is 5.41 Å². The first-order chi connectivity index (χ1) is 9.60. The topological polar surface area (TPSA) is 64.3 Å². The van der Waals surface area contributed by atoms with Crippen molar-refractivity contribution in [3.05, 3.63) is 23.8 Å². The lowest BCUT2D eigenvalue weighted by Gasteiger charge is -2.27. The van der Waals surface area contributed by atoms with Crippen molar-refractivity contribution in [2.75, 3.05) is 19.4 Å². The summed E-state index contributed by atoms with van der Waals surface area (Å²) in [5, 5.41) is 3.05. The van der Waals surface area contributed by atoms with Gasteiger partial charge >= 0.3 is 0 Å². The van der Waals surface area contributed by atoms with E-state index in [0.29, 0.717) is 17.0 Å². The number of nitrogens with one attached hydrogen (secondary N) is 1. The molecule has 0 aliphatic heterocycles. The maximum Gasteiger partial charge on any atom is 0.253 e. The average Bonchev–Trinajstić information content (AvgIpc) is 2.95. The normalized spacial score (nSPS) is 16.9. The summed E-state index contributed by atoms with van der Waals surface area (Å²) in [4.78, 5) is 12.3. The summed E-state index contributed by atoms with van der Waals surface area (Å²) in [7, 11) is 1.58. The van der Waals surface area contributed by atoms with Gasteiger partial charge in [-0.1, -0.05) is 19.8 Å². The van der Waals surface area contributed by atoms with Crippen molar-refractivity contribution in [2.45, 2.75) is 39.0 Å². The van der Waals surface area contributed by atoms with Crippen LogP contribution in [0.1, 0.15) is 49.4 Å². The maximum atomic E-state index is 12.3. The number of hydrogen-bond donors (Lipinski definition) is 2. The van der Waals surface area contributed by atoms with Gasteiger partial charge in [0, 0.05) is 12.2 Å². The Morgan fingerprint density at radius 1 is 1.40 bits per heavy atom. The summed E-state index contributed by atoms with van der Waals surface area (Å²) in [6.45, 7) is 2.94. The number of amides is 1. The molecule has 0 aromatic heterocycles. The summed E-state index contributed by atoms with van der Waals surface area (Å²) < 4.78 is 5.14. The second-order valence-corrected chi connectivity index (χ2v) is 5.70. The van der Waals surface area contributed by atoms with Gasteiger partial charge in [-0.15, -0.1) is 0 Å². The average molecular weight is 276 g/mol. The molecule has 0 saturated heterocycles. The molecular formula is C16H24N2O2. The van der Waals surface area contributed by atoms with Gasteiger partial charge in [-0.3, -0.25) is 4.79 Å². The number of ether oxygens (including phenoxy) is 1. The van der Waals surface area contributed by atoms with E-state index in [9.17, 15) is 4.79 Å². The number of rotatable bonds is 5. The predicted molar refractivity (Wildman–Crippen MR) is 80.9 cm³/mol. The number of carbonyl (C=O) groups is 1. The van der Waals surface area contributed by atoms with Crippen LogP contribution in [0.5, 0.6) is 5.75 Å². The number of nitrogens with two attached hydrogens (primary N) is 1. The smallest absolute Gasteiger partial charge is 0.253 e. The predicted octanol–water partition coefficient (Wildman–Crippen LogP) is 2.98. The molecule has 1 aliphatic rings. The van der Waals surface area contributed by atoms with E-state index >= 15 is 0 Å². The first-order valence-corrected chi connectivity index (χ1v) is 7.32. The van der Waals surface area contributed by atoms with Crippen LogP contribution >= 0.6 is 0 Å². The van der Waals surface area contributed by atoms with Crippen LogP contribution in [-0.2, 0) is 0 Å². The van der Waals surface area contributed by atoms with Gasteiger partial charge in [0.15, 0.2) is 0 Å². The molecule has 0 radical (unpaired) electrons. The Bertz CT molecular complexity index is 479. The molecule has 2 rings (SSSR count). The highest BCUT2D eigenvalue weighted by Gasteiger charge is 2.32.